The zero-order chi connectivity index (χ0) is 46.0. The van der Waals surface area contributed by atoms with Crippen LogP contribution in [0.15, 0.2) is 89.9 Å². The number of carbonyl (C=O) groups is 6. The van der Waals surface area contributed by atoms with Crippen LogP contribution in [0.25, 0.3) is 11.2 Å². The summed E-state index contributed by atoms with van der Waals surface area (Å²) in [7, 11) is 0. The lowest BCUT2D eigenvalue weighted by Crippen LogP contribution is -2.41. The molecule has 1 atom stereocenters. The van der Waals surface area contributed by atoms with Gasteiger partial charge in [0, 0.05) is 65.0 Å². The summed E-state index contributed by atoms with van der Waals surface area (Å²) < 4.78 is 23.3. The Labute approximate surface area is 367 Å². The molecule has 0 saturated heterocycles. The Hall–Kier alpha value is -8.68. The van der Waals surface area contributed by atoms with Crippen LogP contribution in [0.3, 0.4) is 0 Å². The molecule has 20 nitrogen and oxygen atoms in total. The summed E-state index contributed by atoms with van der Waals surface area (Å²) in [5.41, 5.74) is 6.33. The first-order valence-corrected chi connectivity index (χ1v) is 20.2. The number of amides is 2. The Bertz CT molecular complexity index is 2940. The number of ether oxygens (including phenoxy) is 4. The van der Waals surface area contributed by atoms with Crippen molar-refractivity contribution in [3.8, 4) is 23.0 Å². The van der Waals surface area contributed by atoms with Crippen LogP contribution in [0.1, 0.15) is 82.6 Å². The molecule has 65 heavy (non-hydrogen) atoms. The number of nitrogens with two attached hydrogens (primary N) is 1. The van der Waals surface area contributed by atoms with E-state index in [2.05, 4.69) is 35.9 Å². The number of carboxylic acid groups (broad SMARTS) is 1. The number of aromatic nitrogens is 4. The standard InChI is InChI=1S/C45H38N8O12/c1-3-36(55)62-26-10-13-30-33(18-26)64-34-19-27(63-37(56)4-2)11-14-31(34)45(30)29-12-9-24(17-28(29)43(61)65-45)49-35(54)16-15-32(42(59)60)51-40(57)22-5-7-23(8-6-22)47-20-25-21-48-39-38(50-25)41(58)53-44(46)52-39/h5-14,17-19,21,32,47H,3-4,15-16,20H2,1-2H3,(H,49,54)(H,51,57)(H,59,60)(H3,46,48,52,53,58). The molecule has 1 spiro atoms. The van der Waals surface area contributed by atoms with E-state index < -0.39 is 52.9 Å². The van der Waals surface area contributed by atoms with Crippen LogP contribution in [0.4, 0.5) is 17.3 Å². The summed E-state index contributed by atoms with van der Waals surface area (Å²) in [6, 6.07) is 18.7. The van der Waals surface area contributed by atoms with Crippen molar-refractivity contribution in [2.24, 2.45) is 0 Å². The quantitative estimate of drug-likeness (QED) is 0.0638. The SMILES string of the molecule is CCC(=O)Oc1ccc2c(c1)Oc1cc(OC(=O)CC)ccc1C21OC(=O)c2cc(NC(=O)CCC(NC(=O)c3ccc(NCc4cnc5nc(N)[nH]c(=O)c5n4)cc3)C(=O)O)ccc21. The van der Waals surface area contributed by atoms with E-state index in [9.17, 15) is 38.7 Å². The number of carboxylic acids is 1. The zero-order valence-electron chi connectivity index (χ0n) is 34.6. The van der Waals surface area contributed by atoms with Gasteiger partial charge in [-0.05, 0) is 67.1 Å². The van der Waals surface area contributed by atoms with E-state index in [4.69, 9.17) is 24.7 Å². The van der Waals surface area contributed by atoms with Crippen LogP contribution in [-0.2, 0) is 36.1 Å². The van der Waals surface area contributed by atoms with Gasteiger partial charge in [-0.2, -0.15) is 4.98 Å². The number of hydrogen-bond acceptors (Lipinski definition) is 16. The Morgan fingerprint density at radius 1 is 0.831 bits per heavy atom. The molecular weight excluding hydrogens is 845 g/mol. The molecule has 6 aromatic rings. The summed E-state index contributed by atoms with van der Waals surface area (Å²) in [5.74, 6) is -3.59. The fourth-order valence-electron chi connectivity index (χ4n) is 7.29. The Morgan fingerprint density at radius 3 is 2.09 bits per heavy atom. The molecule has 0 aliphatic carbocycles. The van der Waals surface area contributed by atoms with Gasteiger partial charge in [-0.25, -0.2) is 19.6 Å². The first-order chi connectivity index (χ1) is 31.2. The molecule has 2 aliphatic rings. The minimum atomic E-state index is -1.56. The van der Waals surface area contributed by atoms with Crippen LogP contribution < -0.4 is 41.5 Å². The molecule has 7 N–H and O–H groups in total. The second-order valence-electron chi connectivity index (χ2n) is 14.8. The number of benzene rings is 4. The van der Waals surface area contributed by atoms with Gasteiger partial charge < -0.3 is 45.7 Å². The van der Waals surface area contributed by atoms with E-state index in [1.807, 2.05) is 0 Å². The van der Waals surface area contributed by atoms with E-state index >= 15 is 0 Å². The summed E-state index contributed by atoms with van der Waals surface area (Å²) in [5, 5.41) is 18.2. The number of fused-ring (bicyclic) bond motifs is 7. The van der Waals surface area contributed by atoms with E-state index in [0.717, 1.165) is 0 Å². The third-order valence-corrected chi connectivity index (χ3v) is 10.4. The molecule has 2 amide bonds. The van der Waals surface area contributed by atoms with Crippen molar-refractivity contribution in [3.63, 3.8) is 0 Å². The molecule has 2 aromatic heterocycles. The highest BCUT2D eigenvalue weighted by molar-refractivity contribution is 6.00. The van der Waals surface area contributed by atoms with Crippen molar-refractivity contribution in [1.29, 1.82) is 0 Å². The van der Waals surface area contributed by atoms with Gasteiger partial charge >= 0.3 is 23.9 Å². The van der Waals surface area contributed by atoms with Gasteiger partial charge in [-0.15, -0.1) is 0 Å². The van der Waals surface area contributed by atoms with Gasteiger partial charge in [-0.3, -0.25) is 29.0 Å². The minimum absolute atomic E-state index is 0.0261. The largest absolute Gasteiger partial charge is 0.480 e. The maximum Gasteiger partial charge on any atom is 0.340 e. The number of anilines is 3. The fourth-order valence-corrected chi connectivity index (χ4v) is 7.29. The van der Waals surface area contributed by atoms with Gasteiger partial charge in [0.2, 0.25) is 11.9 Å². The predicted molar refractivity (Wildman–Crippen MR) is 229 cm³/mol. The first-order valence-electron chi connectivity index (χ1n) is 20.2. The highest BCUT2D eigenvalue weighted by Crippen LogP contribution is 2.57. The molecule has 4 aromatic carbocycles. The van der Waals surface area contributed by atoms with E-state index in [0.29, 0.717) is 28.1 Å². The number of aliphatic carboxylic acids is 1. The van der Waals surface area contributed by atoms with E-state index in [-0.39, 0.29) is 89.2 Å². The smallest absolute Gasteiger partial charge is 0.340 e. The Kier molecular flexibility index (Phi) is 11.6. The number of esters is 3. The summed E-state index contributed by atoms with van der Waals surface area (Å²) in [6.45, 7) is 3.48. The molecule has 0 bridgehead atoms. The molecule has 330 valence electrons. The van der Waals surface area contributed by atoms with Gasteiger partial charge in [0.15, 0.2) is 16.8 Å². The van der Waals surface area contributed by atoms with Crippen molar-refractivity contribution < 1.29 is 52.8 Å². The second-order valence-corrected chi connectivity index (χ2v) is 14.8. The zero-order valence-corrected chi connectivity index (χ0v) is 34.6. The molecule has 20 heteroatoms. The molecular formula is C45H38N8O12. The van der Waals surface area contributed by atoms with Crippen molar-refractivity contribution in [1.82, 2.24) is 25.3 Å². The van der Waals surface area contributed by atoms with Crippen molar-refractivity contribution >= 4 is 64.2 Å². The number of carbonyl (C=O) groups excluding carboxylic acids is 5. The molecule has 2 aliphatic heterocycles. The number of aromatic amines is 1. The lowest BCUT2D eigenvalue weighted by molar-refractivity contribution is -0.139. The number of rotatable bonds is 14. The number of nitrogen functional groups attached to an aromatic ring is 1. The van der Waals surface area contributed by atoms with Crippen molar-refractivity contribution in [2.45, 2.75) is 57.7 Å². The molecule has 0 fully saturated rings. The van der Waals surface area contributed by atoms with Crippen LogP contribution in [0, 0.1) is 0 Å². The van der Waals surface area contributed by atoms with Gasteiger partial charge in [-0.1, -0.05) is 19.9 Å². The van der Waals surface area contributed by atoms with Gasteiger partial charge in [0.1, 0.15) is 29.0 Å². The van der Waals surface area contributed by atoms with Crippen LogP contribution in [0.5, 0.6) is 23.0 Å². The average molecular weight is 883 g/mol. The monoisotopic (exact) mass is 882 g/mol. The lowest BCUT2D eigenvalue weighted by Gasteiger charge is -2.36. The molecule has 0 saturated carbocycles. The van der Waals surface area contributed by atoms with Crippen LogP contribution in [-0.4, -0.2) is 66.8 Å². The minimum Gasteiger partial charge on any atom is -0.480 e. The predicted octanol–water partition coefficient (Wildman–Crippen LogP) is 4.71. The summed E-state index contributed by atoms with van der Waals surface area (Å²) >= 11 is 0. The third kappa shape index (κ3) is 8.72. The maximum absolute atomic E-state index is 13.7. The average Bonchev–Trinajstić information content (AvgIpc) is 3.57. The third-order valence-electron chi connectivity index (χ3n) is 10.4. The molecule has 4 heterocycles. The van der Waals surface area contributed by atoms with E-state index in [1.165, 1.54) is 36.5 Å². The number of nitrogens with zero attached hydrogens (tertiary/aromatic N) is 3. The highest BCUT2D eigenvalue weighted by Gasteiger charge is 2.54. The normalized spacial score (nSPS) is 13.3. The van der Waals surface area contributed by atoms with Gasteiger partial charge in [0.25, 0.3) is 11.5 Å². The Balaban J connectivity index is 0.934. The fraction of sp³-hybridized carbons (Fsp3) is 0.200. The Morgan fingerprint density at radius 2 is 1.46 bits per heavy atom. The van der Waals surface area contributed by atoms with Crippen molar-refractivity contribution in [2.75, 3.05) is 16.4 Å². The lowest BCUT2D eigenvalue weighted by atomic mass is 9.77. The molecule has 1 unspecified atom stereocenters. The summed E-state index contributed by atoms with van der Waals surface area (Å²) in [4.78, 5) is 103. The number of H-pyrrole nitrogens is 1. The topological polar surface area (TPSA) is 293 Å². The molecule has 8 rings (SSSR count). The van der Waals surface area contributed by atoms with Crippen LogP contribution in [0.2, 0.25) is 0 Å². The highest BCUT2D eigenvalue weighted by atomic mass is 16.6. The van der Waals surface area contributed by atoms with E-state index in [1.54, 1.807) is 62.4 Å². The van der Waals surface area contributed by atoms with Gasteiger partial charge in [0.05, 0.1) is 24.0 Å². The summed E-state index contributed by atoms with van der Waals surface area (Å²) in [6.07, 6.45) is 1.12. The second kappa shape index (κ2) is 17.6. The first kappa shape index (κ1) is 43.0. The maximum atomic E-state index is 13.7. The number of hydrogen-bond donors (Lipinski definition) is 6. The van der Waals surface area contributed by atoms with Crippen molar-refractivity contribution in [3.05, 3.63) is 129 Å². The molecule has 0 radical (unpaired) electrons. The number of nitrogens with one attached hydrogen (secondary N) is 4. The van der Waals surface area contributed by atoms with Crippen LogP contribution >= 0.6 is 0 Å².